The molecule has 1 spiro atoms. The van der Waals surface area contributed by atoms with Gasteiger partial charge in [-0.25, -0.2) is 0 Å². The van der Waals surface area contributed by atoms with Crippen molar-refractivity contribution >= 4 is 29.1 Å². The molecule has 0 radical (unpaired) electrons. The van der Waals surface area contributed by atoms with Gasteiger partial charge in [0.2, 0.25) is 6.79 Å². The second-order valence-electron chi connectivity index (χ2n) is 7.31. The fraction of sp³-hybridized carbons (Fsp3) is 0.286. The minimum Gasteiger partial charge on any atom is -0.454 e. The van der Waals surface area contributed by atoms with E-state index in [-0.39, 0.29) is 18.6 Å². The number of hydrogen-bond acceptors (Lipinski definition) is 5. The first-order valence-corrected chi connectivity index (χ1v) is 9.78. The van der Waals surface area contributed by atoms with Gasteiger partial charge in [0.1, 0.15) is 11.4 Å². The van der Waals surface area contributed by atoms with Crippen LogP contribution >= 0.6 is 11.6 Å². The van der Waals surface area contributed by atoms with Gasteiger partial charge in [-0.1, -0.05) is 23.7 Å². The molecule has 0 unspecified atom stereocenters. The van der Waals surface area contributed by atoms with Gasteiger partial charge < -0.3 is 19.7 Å². The zero-order valence-electron chi connectivity index (χ0n) is 15.5. The summed E-state index contributed by atoms with van der Waals surface area (Å²) >= 11 is 5.93. The first kappa shape index (κ1) is 18.0. The molecule has 3 aliphatic rings. The number of likely N-dealkylation sites (tertiary alicyclic amines) is 1. The van der Waals surface area contributed by atoms with Crippen LogP contribution in [0, 0.1) is 0 Å². The molecule has 0 bridgehead atoms. The average molecular weight is 412 g/mol. The Morgan fingerprint density at radius 3 is 2.55 bits per heavy atom. The van der Waals surface area contributed by atoms with Gasteiger partial charge in [0, 0.05) is 42.1 Å². The number of carbonyl (C=O) groups is 2. The monoisotopic (exact) mass is 411 g/mol. The summed E-state index contributed by atoms with van der Waals surface area (Å²) in [5.74, 6) is 0.980. The number of ether oxygens (including phenoxy) is 2. The summed E-state index contributed by atoms with van der Waals surface area (Å²) in [6.45, 7) is 1.18. The fourth-order valence-electron chi connectivity index (χ4n) is 3.90. The van der Waals surface area contributed by atoms with E-state index >= 15 is 0 Å². The Morgan fingerprint density at radius 2 is 1.79 bits per heavy atom. The molecule has 5 rings (SSSR count). The third-order valence-electron chi connectivity index (χ3n) is 5.50. The molecule has 1 saturated heterocycles. The third kappa shape index (κ3) is 3.21. The van der Waals surface area contributed by atoms with Crippen LogP contribution in [-0.4, -0.2) is 48.0 Å². The van der Waals surface area contributed by atoms with E-state index in [4.69, 9.17) is 26.1 Å². The summed E-state index contributed by atoms with van der Waals surface area (Å²) < 4.78 is 10.7. The van der Waals surface area contributed by atoms with Crippen molar-refractivity contribution in [2.75, 3.05) is 19.9 Å². The summed E-state index contributed by atoms with van der Waals surface area (Å²) in [7, 11) is 0. The molecule has 3 aliphatic heterocycles. The zero-order chi connectivity index (χ0) is 20.0. The van der Waals surface area contributed by atoms with Crippen molar-refractivity contribution in [2.24, 2.45) is 4.99 Å². The Kier molecular flexibility index (Phi) is 4.20. The summed E-state index contributed by atoms with van der Waals surface area (Å²) in [6.07, 6.45) is 1.12. The van der Waals surface area contributed by atoms with E-state index in [9.17, 15) is 9.59 Å². The number of hydrogen-bond donors (Lipinski definition) is 1. The first-order chi connectivity index (χ1) is 14.0. The molecule has 1 fully saturated rings. The molecule has 0 saturated carbocycles. The van der Waals surface area contributed by atoms with Crippen LogP contribution in [0.25, 0.3) is 0 Å². The van der Waals surface area contributed by atoms with Crippen LogP contribution in [0.2, 0.25) is 5.02 Å². The Hall–Kier alpha value is -3.06. The molecule has 1 N–H and O–H groups in total. The molecule has 0 aromatic heterocycles. The quantitative estimate of drug-likeness (QED) is 0.823. The number of piperidine rings is 1. The molecule has 29 heavy (non-hydrogen) atoms. The number of halogens is 1. The van der Waals surface area contributed by atoms with Crippen molar-refractivity contribution < 1.29 is 19.1 Å². The molecule has 3 heterocycles. The molecular weight excluding hydrogens is 394 g/mol. The zero-order valence-corrected chi connectivity index (χ0v) is 16.2. The van der Waals surface area contributed by atoms with Crippen molar-refractivity contribution in [3.05, 3.63) is 58.6 Å². The summed E-state index contributed by atoms with van der Waals surface area (Å²) in [6, 6.07) is 12.3. The lowest BCUT2D eigenvalue weighted by atomic mass is 9.97. The molecule has 0 aliphatic carbocycles. The van der Waals surface area contributed by atoms with Gasteiger partial charge in [0.25, 0.3) is 11.8 Å². The Balaban J connectivity index is 1.30. The predicted molar refractivity (Wildman–Crippen MR) is 107 cm³/mol. The molecule has 2 amide bonds. The maximum Gasteiger partial charge on any atom is 0.272 e. The lowest BCUT2D eigenvalue weighted by Crippen LogP contribution is -2.52. The first-order valence-electron chi connectivity index (χ1n) is 9.40. The van der Waals surface area contributed by atoms with Crippen molar-refractivity contribution in [3.8, 4) is 11.5 Å². The van der Waals surface area contributed by atoms with Crippen molar-refractivity contribution in [3.63, 3.8) is 0 Å². The van der Waals surface area contributed by atoms with E-state index in [1.54, 1.807) is 47.4 Å². The fourth-order valence-corrected chi connectivity index (χ4v) is 4.02. The predicted octanol–water partition coefficient (Wildman–Crippen LogP) is 2.62. The van der Waals surface area contributed by atoms with Crippen LogP contribution in [-0.2, 0) is 4.79 Å². The van der Waals surface area contributed by atoms with Gasteiger partial charge in [-0.15, -0.1) is 0 Å². The molecule has 2 aromatic carbocycles. The number of benzene rings is 2. The molecular formula is C21H18ClN3O4. The van der Waals surface area contributed by atoms with E-state index < -0.39 is 5.66 Å². The maximum absolute atomic E-state index is 12.9. The topological polar surface area (TPSA) is 80.2 Å². The molecule has 0 atom stereocenters. The number of aliphatic imine (C=N–C) groups is 1. The lowest BCUT2D eigenvalue weighted by molar-refractivity contribution is -0.115. The molecule has 2 aromatic rings. The van der Waals surface area contributed by atoms with E-state index in [0.717, 1.165) is 5.56 Å². The number of amides is 2. The summed E-state index contributed by atoms with van der Waals surface area (Å²) in [4.78, 5) is 31.9. The lowest BCUT2D eigenvalue weighted by Gasteiger charge is -2.37. The number of nitrogens with zero attached hydrogens (tertiary/aromatic N) is 2. The summed E-state index contributed by atoms with van der Waals surface area (Å²) in [5, 5.41) is 3.62. The second-order valence-corrected chi connectivity index (χ2v) is 7.75. The third-order valence-corrected chi connectivity index (χ3v) is 5.75. The Bertz CT molecular complexity index is 1030. The van der Waals surface area contributed by atoms with Crippen LogP contribution in [0.5, 0.6) is 11.5 Å². The molecule has 148 valence electrons. The van der Waals surface area contributed by atoms with E-state index in [1.165, 1.54) is 0 Å². The van der Waals surface area contributed by atoms with Crippen LogP contribution in [0.15, 0.2) is 47.5 Å². The summed E-state index contributed by atoms with van der Waals surface area (Å²) in [5.41, 5.74) is 1.06. The highest BCUT2D eigenvalue weighted by atomic mass is 35.5. The van der Waals surface area contributed by atoms with Crippen molar-refractivity contribution in [2.45, 2.75) is 18.5 Å². The highest BCUT2D eigenvalue weighted by molar-refractivity contribution is 6.47. The molecule has 7 nitrogen and oxygen atoms in total. The van der Waals surface area contributed by atoms with Gasteiger partial charge >= 0.3 is 0 Å². The SMILES string of the molecule is O=C1NC2(CCN(C(=O)c3ccc4c(c3)OCO4)CC2)N=C1c1ccc(Cl)cc1. The van der Waals surface area contributed by atoms with Gasteiger partial charge in [0.15, 0.2) is 11.5 Å². The van der Waals surface area contributed by atoms with Crippen molar-refractivity contribution in [1.29, 1.82) is 0 Å². The normalized spacial score (nSPS) is 19.3. The smallest absolute Gasteiger partial charge is 0.272 e. The minimum atomic E-state index is -0.655. The number of nitrogens with one attached hydrogen (secondary N) is 1. The van der Waals surface area contributed by atoms with Gasteiger partial charge in [-0.2, -0.15) is 0 Å². The maximum atomic E-state index is 12.9. The van der Waals surface area contributed by atoms with Crippen molar-refractivity contribution in [1.82, 2.24) is 10.2 Å². The number of fused-ring (bicyclic) bond motifs is 1. The highest BCUT2D eigenvalue weighted by Gasteiger charge is 2.43. The number of rotatable bonds is 2. The van der Waals surface area contributed by atoms with Gasteiger partial charge in [-0.05, 0) is 30.3 Å². The van der Waals surface area contributed by atoms with E-state index in [2.05, 4.69) is 5.32 Å². The number of carbonyl (C=O) groups excluding carboxylic acids is 2. The van der Waals surface area contributed by atoms with Crippen LogP contribution in [0.3, 0.4) is 0 Å². The van der Waals surface area contributed by atoms with Crippen LogP contribution in [0.4, 0.5) is 0 Å². The molecule has 8 heteroatoms. The van der Waals surface area contributed by atoms with Crippen LogP contribution in [0.1, 0.15) is 28.8 Å². The average Bonchev–Trinajstić information content (AvgIpc) is 3.32. The van der Waals surface area contributed by atoms with E-state index in [1.807, 2.05) is 0 Å². The van der Waals surface area contributed by atoms with Gasteiger partial charge in [-0.3, -0.25) is 14.6 Å². The largest absolute Gasteiger partial charge is 0.454 e. The Morgan fingerprint density at radius 1 is 1.07 bits per heavy atom. The Labute approximate surface area is 172 Å². The van der Waals surface area contributed by atoms with Crippen LogP contribution < -0.4 is 14.8 Å². The minimum absolute atomic E-state index is 0.0654. The standard InChI is InChI=1S/C21H18ClN3O4/c22-15-4-1-13(2-5-15)18-19(26)24-21(23-18)7-9-25(10-8-21)20(27)14-3-6-16-17(11-14)29-12-28-16/h1-6,11H,7-10,12H2,(H,24,26). The second kappa shape index (κ2) is 6.77. The van der Waals surface area contributed by atoms with E-state index in [0.29, 0.717) is 53.7 Å². The highest BCUT2D eigenvalue weighted by Crippen LogP contribution is 2.34. The van der Waals surface area contributed by atoms with Gasteiger partial charge in [0.05, 0.1) is 0 Å².